The van der Waals surface area contributed by atoms with Crippen LogP contribution >= 0.6 is 0 Å². The first-order valence-electron chi connectivity index (χ1n) is 7.83. The Labute approximate surface area is 110 Å². The van der Waals surface area contributed by atoms with E-state index in [-0.39, 0.29) is 0 Å². The highest BCUT2D eigenvalue weighted by Crippen LogP contribution is 2.63. The van der Waals surface area contributed by atoms with Crippen molar-refractivity contribution in [2.24, 2.45) is 29.1 Å². The first-order valence-corrected chi connectivity index (χ1v) is 7.83. The number of aliphatic carboxylic acids is 1. The maximum absolute atomic E-state index is 11.2. The quantitative estimate of drug-likeness (QED) is 0.797. The second kappa shape index (κ2) is 4.54. The summed E-state index contributed by atoms with van der Waals surface area (Å²) < 4.78 is 0. The van der Waals surface area contributed by atoms with E-state index in [9.17, 15) is 9.90 Å². The van der Waals surface area contributed by atoms with Crippen LogP contribution in [0.25, 0.3) is 0 Å². The van der Waals surface area contributed by atoms with Crippen molar-refractivity contribution in [1.29, 1.82) is 0 Å². The summed E-state index contributed by atoms with van der Waals surface area (Å²) in [5.74, 6) is 2.68. The van der Waals surface area contributed by atoms with E-state index in [2.05, 4.69) is 6.92 Å². The van der Waals surface area contributed by atoms with Crippen molar-refractivity contribution in [3.63, 3.8) is 0 Å². The predicted molar refractivity (Wildman–Crippen MR) is 71.3 cm³/mol. The topological polar surface area (TPSA) is 37.3 Å². The lowest BCUT2D eigenvalue weighted by molar-refractivity contribution is -0.144. The van der Waals surface area contributed by atoms with Gasteiger partial charge in [-0.25, -0.2) is 0 Å². The van der Waals surface area contributed by atoms with Gasteiger partial charge in [-0.15, -0.1) is 0 Å². The Morgan fingerprint density at radius 2 is 1.67 bits per heavy atom. The number of hydrogen-bond acceptors (Lipinski definition) is 1. The van der Waals surface area contributed by atoms with Gasteiger partial charge in [0.2, 0.25) is 0 Å². The van der Waals surface area contributed by atoms with Crippen molar-refractivity contribution in [3.05, 3.63) is 0 Å². The fraction of sp³-hybridized carbons (Fsp3) is 0.938. The van der Waals surface area contributed by atoms with Gasteiger partial charge in [0.1, 0.15) is 0 Å². The second-order valence-electron chi connectivity index (χ2n) is 7.36. The van der Waals surface area contributed by atoms with Crippen molar-refractivity contribution >= 4 is 5.97 Å². The number of carbonyl (C=O) groups is 1. The Morgan fingerprint density at radius 1 is 1.17 bits per heavy atom. The van der Waals surface area contributed by atoms with E-state index < -0.39 is 5.97 Å². The van der Waals surface area contributed by atoms with Gasteiger partial charge in [-0.3, -0.25) is 4.79 Å². The maximum atomic E-state index is 11.2. The zero-order valence-corrected chi connectivity index (χ0v) is 11.5. The minimum Gasteiger partial charge on any atom is -0.481 e. The van der Waals surface area contributed by atoms with Gasteiger partial charge in [0.05, 0.1) is 0 Å². The molecule has 0 amide bonds. The molecule has 4 fully saturated rings. The average Bonchev–Trinajstić information content (AvgIpc) is 2.26. The molecule has 0 spiro atoms. The molecule has 0 unspecified atom stereocenters. The van der Waals surface area contributed by atoms with Crippen LogP contribution in [0.5, 0.6) is 0 Å². The Hall–Kier alpha value is -0.530. The molecule has 2 nitrogen and oxygen atoms in total. The summed E-state index contributed by atoms with van der Waals surface area (Å²) in [7, 11) is 0. The van der Waals surface area contributed by atoms with Crippen LogP contribution in [0, 0.1) is 29.1 Å². The van der Waals surface area contributed by atoms with Gasteiger partial charge in [0, 0.05) is 6.42 Å². The number of rotatable bonds is 5. The van der Waals surface area contributed by atoms with E-state index in [0.717, 1.165) is 30.6 Å². The van der Waals surface area contributed by atoms with Crippen LogP contribution in [0.1, 0.15) is 64.7 Å². The van der Waals surface area contributed by atoms with E-state index in [4.69, 9.17) is 0 Å². The summed E-state index contributed by atoms with van der Waals surface area (Å²) in [6, 6.07) is 0. The molecule has 102 valence electrons. The molecule has 4 aliphatic carbocycles. The van der Waals surface area contributed by atoms with E-state index in [0.29, 0.717) is 17.8 Å². The summed E-state index contributed by atoms with van der Waals surface area (Å²) in [6.07, 6.45) is 11.1. The molecule has 4 rings (SSSR count). The predicted octanol–water partition coefficient (Wildman–Crippen LogP) is 4.09. The highest BCUT2D eigenvalue weighted by molar-refractivity contribution is 5.67. The van der Waals surface area contributed by atoms with Crippen LogP contribution in [0.3, 0.4) is 0 Å². The Kier molecular flexibility index (Phi) is 3.15. The third-order valence-electron chi connectivity index (χ3n) is 6.01. The molecule has 1 atom stereocenters. The monoisotopic (exact) mass is 250 g/mol. The smallest absolute Gasteiger partial charge is 0.303 e. The Morgan fingerprint density at radius 3 is 2.06 bits per heavy atom. The summed E-state index contributed by atoms with van der Waals surface area (Å²) >= 11 is 0. The minimum absolute atomic E-state index is 0.417. The van der Waals surface area contributed by atoms with Gasteiger partial charge >= 0.3 is 5.97 Å². The number of carboxylic acids is 1. The third kappa shape index (κ3) is 2.08. The van der Waals surface area contributed by atoms with Gasteiger partial charge in [0.15, 0.2) is 0 Å². The standard InChI is InChI=1S/C16H26O2/c1-2-3-14(7-15(17)18)16-8-11-4-12(9-16)6-13(5-11)10-16/h11-14H,2-10H2,1H3,(H,17,18)/t11?,12?,13?,14-,16?/m0/s1. The maximum Gasteiger partial charge on any atom is 0.303 e. The summed E-state index contributed by atoms with van der Waals surface area (Å²) in [5.41, 5.74) is 0.420. The molecule has 2 heteroatoms. The lowest BCUT2D eigenvalue weighted by Crippen LogP contribution is -2.50. The van der Waals surface area contributed by atoms with Gasteiger partial charge in [-0.2, -0.15) is 0 Å². The van der Waals surface area contributed by atoms with E-state index in [1.807, 2.05) is 0 Å². The fourth-order valence-corrected chi connectivity index (χ4v) is 5.86. The molecule has 18 heavy (non-hydrogen) atoms. The molecule has 0 radical (unpaired) electrons. The van der Waals surface area contributed by atoms with Gasteiger partial charge in [-0.1, -0.05) is 13.3 Å². The molecule has 4 bridgehead atoms. The molecular weight excluding hydrogens is 224 g/mol. The van der Waals surface area contributed by atoms with Crippen LogP contribution < -0.4 is 0 Å². The van der Waals surface area contributed by atoms with Crippen LogP contribution in [0.15, 0.2) is 0 Å². The summed E-state index contributed by atoms with van der Waals surface area (Å²) in [6.45, 7) is 2.20. The average molecular weight is 250 g/mol. The molecule has 1 N–H and O–H groups in total. The molecule has 0 aromatic rings. The molecule has 0 heterocycles. The lowest BCUT2D eigenvalue weighted by atomic mass is 9.46. The number of hydrogen-bond donors (Lipinski definition) is 1. The van der Waals surface area contributed by atoms with E-state index in [1.165, 1.54) is 38.5 Å². The highest BCUT2D eigenvalue weighted by Gasteiger charge is 2.53. The van der Waals surface area contributed by atoms with Crippen LogP contribution in [-0.4, -0.2) is 11.1 Å². The fourth-order valence-electron chi connectivity index (χ4n) is 5.86. The summed E-state index contributed by atoms with van der Waals surface area (Å²) in [4.78, 5) is 11.2. The van der Waals surface area contributed by atoms with Gasteiger partial charge < -0.3 is 5.11 Å². The Bertz CT molecular complexity index is 299. The molecule has 0 saturated heterocycles. The SMILES string of the molecule is CCC[C@@H](CC(=O)O)C12CC3CC(CC(C3)C1)C2. The Balaban J connectivity index is 1.81. The van der Waals surface area contributed by atoms with Crippen molar-refractivity contribution < 1.29 is 9.90 Å². The van der Waals surface area contributed by atoms with Crippen LogP contribution in [-0.2, 0) is 4.79 Å². The zero-order chi connectivity index (χ0) is 12.8. The molecule has 0 aromatic carbocycles. The first-order chi connectivity index (χ1) is 8.61. The highest BCUT2D eigenvalue weighted by atomic mass is 16.4. The summed E-state index contributed by atoms with van der Waals surface area (Å²) in [5, 5.41) is 9.21. The third-order valence-corrected chi connectivity index (χ3v) is 6.01. The van der Waals surface area contributed by atoms with Crippen LogP contribution in [0.2, 0.25) is 0 Å². The zero-order valence-electron chi connectivity index (χ0n) is 11.5. The van der Waals surface area contributed by atoms with Crippen molar-refractivity contribution in [2.45, 2.75) is 64.7 Å². The molecular formula is C16H26O2. The minimum atomic E-state index is -0.579. The molecule has 4 aliphatic rings. The van der Waals surface area contributed by atoms with Crippen molar-refractivity contribution in [1.82, 2.24) is 0 Å². The normalized spacial score (nSPS) is 43.1. The lowest BCUT2D eigenvalue weighted by Gasteiger charge is -2.59. The van der Waals surface area contributed by atoms with Gasteiger partial charge in [-0.05, 0) is 74.0 Å². The van der Waals surface area contributed by atoms with Crippen molar-refractivity contribution in [2.75, 3.05) is 0 Å². The van der Waals surface area contributed by atoms with E-state index >= 15 is 0 Å². The molecule has 0 aromatic heterocycles. The first kappa shape index (κ1) is 12.5. The van der Waals surface area contributed by atoms with Gasteiger partial charge in [0.25, 0.3) is 0 Å². The second-order valence-corrected chi connectivity index (χ2v) is 7.36. The molecule has 4 saturated carbocycles. The van der Waals surface area contributed by atoms with Crippen molar-refractivity contribution in [3.8, 4) is 0 Å². The van der Waals surface area contributed by atoms with E-state index in [1.54, 1.807) is 0 Å². The molecule has 0 aliphatic heterocycles. The van der Waals surface area contributed by atoms with Crippen LogP contribution in [0.4, 0.5) is 0 Å². The largest absolute Gasteiger partial charge is 0.481 e. The number of carboxylic acid groups (broad SMARTS) is 1.